The van der Waals surface area contributed by atoms with Gasteiger partial charge in [0.05, 0.1) is 31.5 Å². The molecule has 0 bridgehead atoms. The molecule has 0 aromatic heterocycles. The molecule has 166 valence electrons. The highest BCUT2D eigenvalue weighted by Gasteiger charge is 2.47. The van der Waals surface area contributed by atoms with Crippen molar-refractivity contribution < 1.29 is 24.5 Å². The summed E-state index contributed by atoms with van der Waals surface area (Å²) in [5.74, 6) is 0.183. The summed E-state index contributed by atoms with van der Waals surface area (Å²) in [6.07, 6.45) is 11.0. The number of allylic oxidation sites excluding steroid dienone is 2. The molecule has 1 heterocycles. The molecule has 0 aromatic rings. The molecule has 0 aromatic carbocycles. The van der Waals surface area contributed by atoms with Gasteiger partial charge >= 0.3 is 5.97 Å². The molecular formula is C24H40O5. The van der Waals surface area contributed by atoms with Crippen LogP contribution in [0.25, 0.3) is 0 Å². The Bertz CT molecular complexity index is 590. The topological polar surface area (TPSA) is 76.0 Å². The van der Waals surface area contributed by atoms with E-state index >= 15 is 0 Å². The minimum atomic E-state index is -0.555. The summed E-state index contributed by atoms with van der Waals surface area (Å²) in [6, 6.07) is 0. The molecule has 29 heavy (non-hydrogen) atoms. The van der Waals surface area contributed by atoms with Crippen molar-refractivity contribution in [2.75, 3.05) is 7.11 Å². The maximum Gasteiger partial charge on any atom is 0.305 e. The number of esters is 1. The lowest BCUT2D eigenvalue weighted by Crippen LogP contribution is -2.28. The van der Waals surface area contributed by atoms with E-state index in [2.05, 4.69) is 38.5 Å². The van der Waals surface area contributed by atoms with E-state index in [4.69, 9.17) is 4.74 Å². The van der Waals surface area contributed by atoms with Crippen molar-refractivity contribution in [3.8, 4) is 0 Å². The molecule has 0 amide bonds. The third-order valence-corrected chi connectivity index (χ3v) is 6.53. The van der Waals surface area contributed by atoms with Gasteiger partial charge in [-0.2, -0.15) is 0 Å². The van der Waals surface area contributed by atoms with Crippen LogP contribution in [0, 0.1) is 17.3 Å². The quantitative estimate of drug-likeness (QED) is 0.322. The number of unbranched alkanes of at least 4 members (excludes halogenated alkanes) is 1. The summed E-state index contributed by atoms with van der Waals surface area (Å²) in [4.78, 5) is 11.2. The molecule has 0 radical (unpaired) electrons. The van der Waals surface area contributed by atoms with E-state index < -0.39 is 12.2 Å². The lowest BCUT2D eigenvalue weighted by molar-refractivity contribution is -0.140. The Labute approximate surface area is 176 Å². The first kappa shape index (κ1) is 24.1. The fraction of sp³-hybridized carbons (Fsp3) is 0.792. The molecule has 2 fully saturated rings. The number of aliphatic hydroxyl groups is 2. The van der Waals surface area contributed by atoms with E-state index in [9.17, 15) is 15.0 Å². The van der Waals surface area contributed by atoms with Gasteiger partial charge in [0.15, 0.2) is 0 Å². The highest BCUT2D eigenvalue weighted by atomic mass is 16.5. The molecule has 2 rings (SSSR count). The van der Waals surface area contributed by atoms with Gasteiger partial charge in [-0.25, -0.2) is 0 Å². The van der Waals surface area contributed by atoms with Gasteiger partial charge in [-0.15, -0.1) is 0 Å². The lowest BCUT2D eigenvalue weighted by Gasteiger charge is -2.28. The summed E-state index contributed by atoms with van der Waals surface area (Å²) in [5.41, 5.74) is 1.01. The minimum Gasteiger partial charge on any atom is -0.469 e. The van der Waals surface area contributed by atoms with Gasteiger partial charge in [-0.05, 0) is 50.9 Å². The van der Waals surface area contributed by atoms with Crippen molar-refractivity contribution in [3.63, 3.8) is 0 Å². The highest BCUT2D eigenvalue weighted by Crippen LogP contribution is 2.45. The smallest absolute Gasteiger partial charge is 0.305 e. The van der Waals surface area contributed by atoms with E-state index in [-0.39, 0.29) is 29.5 Å². The number of carbonyl (C=O) groups is 1. The number of hydrogen-bond acceptors (Lipinski definition) is 5. The zero-order valence-corrected chi connectivity index (χ0v) is 18.8. The van der Waals surface area contributed by atoms with Gasteiger partial charge in [-0.1, -0.05) is 44.1 Å². The molecule has 1 saturated carbocycles. The van der Waals surface area contributed by atoms with Gasteiger partial charge in [0.2, 0.25) is 0 Å². The van der Waals surface area contributed by atoms with Crippen molar-refractivity contribution in [2.45, 2.75) is 97.1 Å². The SMILES string of the molecule is COC(=O)CCCC[C@@H]1C[C@@H]2[C@@H](C=C[C@@H](O)C(C)(C)CC=C(C)C)[C@H](O)C[C@@H]2O1. The van der Waals surface area contributed by atoms with Crippen LogP contribution < -0.4 is 0 Å². The van der Waals surface area contributed by atoms with Crippen molar-refractivity contribution in [1.29, 1.82) is 0 Å². The van der Waals surface area contributed by atoms with Gasteiger partial charge in [0, 0.05) is 18.8 Å². The number of hydrogen-bond donors (Lipinski definition) is 2. The molecule has 2 N–H and O–H groups in total. The van der Waals surface area contributed by atoms with Crippen molar-refractivity contribution >= 4 is 5.97 Å². The van der Waals surface area contributed by atoms with Crippen LogP contribution in [0.1, 0.15) is 72.6 Å². The predicted molar refractivity (Wildman–Crippen MR) is 114 cm³/mol. The minimum absolute atomic E-state index is 0.0361. The number of fused-ring (bicyclic) bond motifs is 1. The normalized spacial score (nSPS) is 30.4. The van der Waals surface area contributed by atoms with E-state index in [1.54, 1.807) is 0 Å². The Morgan fingerprint density at radius 1 is 1.28 bits per heavy atom. The summed E-state index contributed by atoms with van der Waals surface area (Å²) >= 11 is 0. The first-order chi connectivity index (χ1) is 13.6. The van der Waals surface area contributed by atoms with Crippen LogP contribution in [0.2, 0.25) is 0 Å². The lowest BCUT2D eigenvalue weighted by atomic mass is 9.81. The Hall–Kier alpha value is -1.17. The first-order valence-corrected chi connectivity index (χ1v) is 11.0. The van der Waals surface area contributed by atoms with Crippen LogP contribution in [0.4, 0.5) is 0 Å². The number of rotatable bonds is 10. The number of aliphatic hydroxyl groups excluding tert-OH is 2. The number of ether oxygens (including phenoxy) is 2. The number of carbonyl (C=O) groups excluding carboxylic acids is 1. The average molecular weight is 409 g/mol. The largest absolute Gasteiger partial charge is 0.469 e. The van der Waals surface area contributed by atoms with Gasteiger partial charge in [0.25, 0.3) is 0 Å². The van der Waals surface area contributed by atoms with Crippen LogP contribution in [0.15, 0.2) is 23.8 Å². The Balaban J connectivity index is 1.86. The predicted octanol–water partition coefficient (Wildman–Crippen LogP) is 4.17. The van der Waals surface area contributed by atoms with E-state index in [1.807, 2.05) is 12.2 Å². The third kappa shape index (κ3) is 6.94. The Morgan fingerprint density at radius 3 is 2.66 bits per heavy atom. The van der Waals surface area contributed by atoms with Crippen molar-refractivity contribution in [1.82, 2.24) is 0 Å². The van der Waals surface area contributed by atoms with Crippen LogP contribution in [-0.2, 0) is 14.3 Å². The van der Waals surface area contributed by atoms with Gasteiger partial charge < -0.3 is 19.7 Å². The highest BCUT2D eigenvalue weighted by molar-refractivity contribution is 5.68. The Morgan fingerprint density at radius 2 is 2.00 bits per heavy atom. The second kappa shape index (κ2) is 10.7. The second-order valence-corrected chi connectivity index (χ2v) is 9.70. The maximum atomic E-state index is 11.2. The van der Waals surface area contributed by atoms with Crippen LogP contribution >= 0.6 is 0 Å². The van der Waals surface area contributed by atoms with E-state index in [0.29, 0.717) is 18.8 Å². The van der Waals surface area contributed by atoms with Crippen molar-refractivity contribution in [3.05, 3.63) is 23.8 Å². The molecular weight excluding hydrogens is 368 g/mol. The Kier molecular flexibility index (Phi) is 8.92. The van der Waals surface area contributed by atoms with Gasteiger partial charge in [-0.3, -0.25) is 4.79 Å². The molecule has 2 aliphatic rings. The van der Waals surface area contributed by atoms with Crippen molar-refractivity contribution in [2.24, 2.45) is 17.3 Å². The molecule has 0 spiro atoms. The summed E-state index contributed by atoms with van der Waals surface area (Å²) in [6.45, 7) is 8.27. The zero-order valence-electron chi connectivity index (χ0n) is 18.8. The molecule has 1 aliphatic heterocycles. The van der Waals surface area contributed by atoms with Crippen LogP contribution in [0.5, 0.6) is 0 Å². The molecule has 1 saturated heterocycles. The molecule has 6 atom stereocenters. The first-order valence-electron chi connectivity index (χ1n) is 11.0. The van der Waals surface area contributed by atoms with Crippen LogP contribution in [0.3, 0.4) is 0 Å². The molecule has 5 heteroatoms. The second-order valence-electron chi connectivity index (χ2n) is 9.70. The summed E-state index contributed by atoms with van der Waals surface area (Å²) in [7, 11) is 1.42. The summed E-state index contributed by atoms with van der Waals surface area (Å²) in [5, 5.41) is 21.2. The van der Waals surface area contributed by atoms with Gasteiger partial charge in [0.1, 0.15) is 0 Å². The molecule has 5 nitrogen and oxygen atoms in total. The van der Waals surface area contributed by atoms with E-state index in [0.717, 1.165) is 32.1 Å². The average Bonchev–Trinajstić information content (AvgIpc) is 3.17. The summed E-state index contributed by atoms with van der Waals surface area (Å²) < 4.78 is 10.9. The van der Waals surface area contributed by atoms with Crippen LogP contribution in [-0.4, -0.2) is 47.7 Å². The fourth-order valence-corrected chi connectivity index (χ4v) is 4.46. The molecule has 1 aliphatic carbocycles. The monoisotopic (exact) mass is 408 g/mol. The standard InChI is InChI=1S/C24H40O5/c1-16(2)12-13-24(3,4)22(26)11-10-18-19-14-17(29-21(19)15-20(18)25)8-6-7-9-23(27)28-5/h10-12,17-22,25-26H,6-9,13-15H2,1-5H3/t17-,18-,19-,20-,21+,22-/m1/s1. The zero-order chi connectivity index (χ0) is 21.6. The third-order valence-electron chi connectivity index (χ3n) is 6.53. The number of methoxy groups -OCH3 is 1. The fourth-order valence-electron chi connectivity index (χ4n) is 4.46. The van der Waals surface area contributed by atoms with E-state index in [1.165, 1.54) is 12.7 Å². The maximum absolute atomic E-state index is 11.2. The molecule has 0 unspecified atom stereocenters.